The Morgan fingerprint density at radius 3 is 2.35 bits per heavy atom. The molecule has 2 aromatic rings. The topological polar surface area (TPSA) is 86.8 Å². The summed E-state index contributed by atoms with van der Waals surface area (Å²) in [5.74, 6) is -0.769. The predicted octanol–water partition coefficient (Wildman–Crippen LogP) is 2.49. The number of amides is 2. The number of sulfonamides is 1. The van der Waals surface area contributed by atoms with E-state index in [1.807, 2.05) is 50.2 Å². The second-order valence-corrected chi connectivity index (χ2v) is 9.46. The van der Waals surface area contributed by atoms with E-state index >= 15 is 0 Å². The van der Waals surface area contributed by atoms with Gasteiger partial charge in [-0.15, -0.1) is 0 Å². The summed E-state index contributed by atoms with van der Waals surface area (Å²) in [6, 6.07) is 14.0. The fraction of sp³-hybridized carbons (Fsp3) is 0.391. The molecule has 7 nitrogen and oxygen atoms in total. The van der Waals surface area contributed by atoms with E-state index in [1.54, 1.807) is 19.1 Å². The second-order valence-electron chi connectivity index (χ2n) is 7.55. The summed E-state index contributed by atoms with van der Waals surface area (Å²) in [7, 11) is -2.22. The van der Waals surface area contributed by atoms with Gasteiger partial charge in [0, 0.05) is 13.6 Å². The molecule has 0 aliphatic rings. The van der Waals surface area contributed by atoms with Gasteiger partial charge in [0.05, 0.1) is 11.9 Å². The first-order valence-corrected chi connectivity index (χ1v) is 12.1. The molecule has 0 aromatic heterocycles. The van der Waals surface area contributed by atoms with Gasteiger partial charge in [0.1, 0.15) is 12.6 Å². The molecule has 0 saturated heterocycles. The Morgan fingerprint density at radius 1 is 1.10 bits per heavy atom. The van der Waals surface area contributed by atoms with E-state index in [1.165, 1.54) is 11.9 Å². The van der Waals surface area contributed by atoms with E-state index < -0.39 is 22.0 Å². The maximum absolute atomic E-state index is 13.4. The molecule has 0 spiro atoms. The van der Waals surface area contributed by atoms with Crippen molar-refractivity contribution in [3.63, 3.8) is 0 Å². The van der Waals surface area contributed by atoms with Gasteiger partial charge in [0.25, 0.3) is 0 Å². The molecule has 1 atom stereocenters. The average Bonchev–Trinajstić information content (AvgIpc) is 2.73. The van der Waals surface area contributed by atoms with Crippen LogP contribution in [0.4, 0.5) is 5.69 Å². The molecule has 31 heavy (non-hydrogen) atoms. The molecule has 0 radical (unpaired) electrons. The van der Waals surface area contributed by atoms with Gasteiger partial charge < -0.3 is 10.2 Å². The summed E-state index contributed by atoms with van der Waals surface area (Å²) in [4.78, 5) is 27.1. The monoisotopic (exact) mass is 445 g/mol. The molecule has 0 bridgehead atoms. The predicted molar refractivity (Wildman–Crippen MR) is 123 cm³/mol. The third-order valence-corrected chi connectivity index (χ3v) is 6.30. The normalized spacial score (nSPS) is 12.2. The van der Waals surface area contributed by atoms with Crippen molar-refractivity contribution in [1.29, 1.82) is 0 Å². The van der Waals surface area contributed by atoms with Crippen LogP contribution in [0, 0.1) is 6.92 Å². The van der Waals surface area contributed by atoms with E-state index in [-0.39, 0.29) is 19.0 Å². The van der Waals surface area contributed by atoms with Crippen LogP contribution >= 0.6 is 0 Å². The highest BCUT2D eigenvalue weighted by atomic mass is 32.2. The number of nitrogens with zero attached hydrogens (tertiary/aromatic N) is 2. The summed E-state index contributed by atoms with van der Waals surface area (Å²) in [6.07, 6.45) is 1.71. The van der Waals surface area contributed by atoms with Crippen molar-refractivity contribution in [3.8, 4) is 0 Å². The zero-order valence-corrected chi connectivity index (χ0v) is 19.6. The highest BCUT2D eigenvalue weighted by Crippen LogP contribution is 2.24. The molecule has 0 aliphatic heterocycles. The van der Waals surface area contributed by atoms with Crippen molar-refractivity contribution in [1.82, 2.24) is 10.2 Å². The Labute approximate surface area is 185 Å². The fourth-order valence-electron chi connectivity index (χ4n) is 3.45. The number of carbonyl (C=O) groups is 2. The Kier molecular flexibility index (Phi) is 8.21. The number of anilines is 1. The van der Waals surface area contributed by atoms with Crippen molar-refractivity contribution >= 4 is 27.5 Å². The molecule has 2 amide bonds. The third-order valence-electron chi connectivity index (χ3n) is 5.17. The zero-order valence-electron chi connectivity index (χ0n) is 18.8. The molecule has 8 heteroatoms. The van der Waals surface area contributed by atoms with Crippen LogP contribution in [0.15, 0.2) is 48.5 Å². The molecule has 1 N–H and O–H groups in total. The zero-order chi connectivity index (χ0) is 23.2. The summed E-state index contributed by atoms with van der Waals surface area (Å²) in [5.41, 5.74) is 3.20. The molecule has 2 rings (SSSR count). The van der Waals surface area contributed by atoms with E-state index in [2.05, 4.69) is 5.32 Å². The third kappa shape index (κ3) is 6.30. The largest absolute Gasteiger partial charge is 0.357 e. The van der Waals surface area contributed by atoms with Gasteiger partial charge in [-0.1, -0.05) is 55.0 Å². The van der Waals surface area contributed by atoms with Crippen LogP contribution in [-0.4, -0.2) is 51.0 Å². The number of hydrogen-bond acceptors (Lipinski definition) is 4. The number of hydrogen-bond donors (Lipinski definition) is 1. The molecule has 0 aliphatic carbocycles. The van der Waals surface area contributed by atoms with Gasteiger partial charge >= 0.3 is 0 Å². The standard InChI is InChI=1S/C23H31N3O4S/c1-6-20-12-7-8-13-21(20)26(31(5,29)30)16-22(27)25(18(3)23(28)24-4)15-19-11-9-10-17(2)14-19/h7-14,18H,6,15-16H2,1-5H3,(H,24,28)/t18-/m1/s1. The number of rotatable bonds is 9. The van der Waals surface area contributed by atoms with E-state index in [0.717, 1.165) is 27.3 Å². The number of para-hydroxylation sites is 1. The molecule has 0 fully saturated rings. The summed E-state index contributed by atoms with van der Waals surface area (Å²) in [6.45, 7) is 5.33. The molecule has 0 heterocycles. The van der Waals surface area contributed by atoms with Crippen molar-refractivity contribution in [3.05, 3.63) is 65.2 Å². The van der Waals surface area contributed by atoms with Crippen molar-refractivity contribution in [2.24, 2.45) is 0 Å². The minimum Gasteiger partial charge on any atom is -0.357 e. The van der Waals surface area contributed by atoms with Gasteiger partial charge in [-0.2, -0.15) is 0 Å². The molecule has 168 valence electrons. The number of aryl methyl sites for hydroxylation is 2. The second kappa shape index (κ2) is 10.4. The highest BCUT2D eigenvalue weighted by molar-refractivity contribution is 7.92. The molecule has 2 aromatic carbocycles. The van der Waals surface area contributed by atoms with Crippen LogP contribution in [0.3, 0.4) is 0 Å². The fourth-order valence-corrected chi connectivity index (χ4v) is 4.33. The van der Waals surface area contributed by atoms with Gasteiger partial charge in [-0.05, 0) is 37.5 Å². The van der Waals surface area contributed by atoms with Crippen LogP contribution in [0.5, 0.6) is 0 Å². The first kappa shape index (κ1) is 24.4. The first-order valence-electron chi connectivity index (χ1n) is 10.2. The minimum absolute atomic E-state index is 0.197. The Hall–Kier alpha value is -2.87. The average molecular weight is 446 g/mol. The maximum Gasteiger partial charge on any atom is 0.244 e. The van der Waals surface area contributed by atoms with Crippen LogP contribution in [0.1, 0.15) is 30.5 Å². The number of likely N-dealkylation sites (N-methyl/N-ethyl adjacent to an activating group) is 1. The summed E-state index contributed by atoms with van der Waals surface area (Å²) >= 11 is 0. The smallest absolute Gasteiger partial charge is 0.244 e. The maximum atomic E-state index is 13.4. The Bertz CT molecular complexity index is 1040. The van der Waals surface area contributed by atoms with Crippen LogP contribution in [-0.2, 0) is 32.6 Å². The van der Waals surface area contributed by atoms with Crippen molar-refractivity contribution < 1.29 is 18.0 Å². The molecular weight excluding hydrogens is 414 g/mol. The highest BCUT2D eigenvalue weighted by Gasteiger charge is 2.30. The lowest BCUT2D eigenvalue weighted by atomic mass is 10.1. The van der Waals surface area contributed by atoms with E-state index in [9.17, 15) is 18.0 Å². The van der Waals surface area contributed by atoms with Crippen LogP contribution in [0.25, 0.3) is 0 Å². The van der Waals surface area contributed by atoms with Crippen LogP contribution < -0.4 is 9.62 Å². The Balaban J connectivity index is 2.42. The Morgan fingerprint density at radius 2 is 1.77 bits per heavy atom. The van der Waals surface area contributed by atoms with E-state index in [4.69, 9.17) is 0 Å². The first-order chi connectivity index (χ1) is 14.6. The lowest BCUT2D eigenvalue weighted by molar-refractivity contribution is -0.139. The quantitative estimate of drug-likeness (QED) is 0.642. The lowest BCUT2D eigenvalue weighted by Crippen LogP contribution is -2.50. The van der Waals surface area contributed by atoms with E-state index in [0.29, 0.717) is 12.1 Å². The lowest BCUT2D eigenvalue weighted by Gasteiger charge is -2.31. The van der Waals surface area contributed by atoms with Gasteiger partial charge in [-0.3, -0.25) is 13.9 Å². The van der Waals surface area contributed by atoms with Crippen molar-refractivity contribution in [2.45, 2.75) is 39.8 Å². The van der Waals surface area contributed by atoms with Gasteiger partial charge in [0.15, 0.2) is 0 Å². The van der Waals surface area contributed by atoms with Crippen LogP contribution in [0.2, 0.25) is 0 Å². The SMILES string of the molecule is CCc1ccccc1N(CC(=O)N(Cc1cccc(C)c1)[C@H](C)C(=O)NC)S(C)(=O)=O. The molecule has 0 unspecified atom stereocenters. The number of nitrogens with one attached hydrogen (secondary N) is 1. The molecular formula is C23H31N3O4S. The number of carbonyl (C=O) groups excluding carboxylic acids is 2. The molecule has 0 saturated carbocycles. The summed E-state index contributed by atoms with van der Waals surface area (Å²) < 4.78 is 26.3. The summed E-state index contributed by atoms with van der Waals surface area (Å²) in [5, 5.41) is 2.57. The van der Waals surface area contributed by atoms with Gasteiger partial charge in [-0.25, -0.2) is 8.42 Å². The minimum atomic E-state index is -3.72. The van der Waals surface area contributed by atoms with Gasteiger partial charge in [0.2, 0.25) is 21.8 Å². The van der Waals surface area contributed by atoms with Crippen molar-refractivity contribution in [2.75, 3.05) is 24.2 Å². The number of benzene rings is 2.